The van der Waals surface area contributed by atoms with Crippen LogP contribution in [0.4, 0.5) is 5.69 Å². The number of rotatable bonds is 6. The minimum atomic E-state index is -0.632. The molecule has 3 rings (SSSR count). The highest BCUT2D eigenvalue weighted by atomic mass is 16.5. The summed E-state index contributed by atoms with van der Waals surface area (Å²) in [6.45, 7) is 12.5. The number of amides is 2. The Morgan fingerprint density at radius 1 is 1.14 bits per heavy atom. The second kappa shape index (κ2) is 8.27. The molecule has 1 atom stereocenters. The highest BCUT2D eigenvalue weighted by molar-refractivity contribution is 6.07. The molecule has 0 fully saturated rings. The zero-order valence-electron chi connectivity index (χ0n) is 18.1. The molecular weight excluding hydrogens is 364 g/mol. The molecule has 5 heteroatoms. The highest BCUT2D eigenvalue weighted by Crippen LogP contribution is 2.40. The number of hydrogen-bond acceptors (Lipinski definition) is 3. The van der Waals surface area contributed by atoms with Gasteiger partial charge in [-0.05, 0) is 55.0 Å². The molecule has 0 saturated heterocycles. The number of benzene rings is 2. The van der Waals surface area contributed by atoms with Gasteiger partial charge in [0.1, 0.15) is 18.4 Å². The fourth-order valence-corrected chi connectivity index (χ4v) is 3.98. The van der Waals surface area contributed by atoms with Gasteiger partial charge < -0.3 is 15.0 Å². The summed E-state index contributed by atoms with van der Waals surface area (Å²) in [4.78, 5) is 26.6. The third-order valence-electron chi connectivity index (χ3n) is 5.42. The Labute approximate surface area is 173 Å². The monoisotopic (exact) mass is 394 g/mol. The van der Waals surface area contributed by atoms with Crippen LogP contribution in [-0.2, 0) is 9.59 Å². The lowest BCUT2D eigenvalue weighted by atomic mass is 9.99. The normalized spacial score (nSPS) is 15.6. The number of nitrogens with one attached hydrogen (secondary N) is 1. The molecule has 5 nitrogen and oxygen atoms in total. The number of aryl methyl sites for hydroxylation is 3. The van der Waals surface area contributed by atoms with E-state index in [9.17, 15) is 9.59 Å². The van der Waals surface area contributed by atoms with Gasteiger partial charge in [0, 0.05) is 12.5 Å². The molecule has 29 heavy (non-hydrogen) atoms. The number of ether oxygens (including phenoxy) is 1. The van der Waals surface area contributed by atoms with Crippen LogP contribution < -0.4 is 15.0 Å². The van der Waals surface area contributed by atoms with Gasteiger partial charge in [-0.1, -0.05) is 38.1 Å². The van der Waals surface area contributed by atoms with Gasteiger partial charge in [-0.15, -0.1) is 0 Å². The fourth-order valence-electron chi connectivity index (χ4n) is 3.98. The van der Waals surface area contributed by atoms with Gasteiger partial charge in [-0.3, -0.25) is 9.59 Å². The van der Waals surface area contributed by atoms with Crippen LogP contribution in [0, 0.1) is 20.8 Å². The number of fused-ring (bicyclic) bond motifs is 1. The van der Waals surface area contributed by atoms with Crippen molar-refractivity contribution in [2.45, 2.75) is 53.5 Å². The second-order valence-electron chi connectivity index (χ2n) is 8.13. The van der Waals surface area contributed by atoms with Crippen LogP contribution in [0.25, 0.3) is 0 Å². The molecule has 0 aromatic heterocycles. The lowest BCUT2D eigenvalue weighted by molar-refractivity contribution is -0.126. The SMILES string of the molecule is CC(=O)N[C@@H]1C(=O)N(CCOc2cc(C)ccc2C(C)C)c2c(C)ccc(C)c21. The Morgan fingerprint density at radius 2 is 1.83 bits per heavy atom. The predicted molar refractivity (Wildman–Crippen MR) is 116 cm³/mol. The summed E-state index contributed by atoms with van der Waals surface area (Å²) in [7, 11) is 0. The number of hydrogen-bond donors (Lipinski definition) is 1. The minimum absolute atomic E-state index is 0.107. The van der Waals surface area contributed by atoms with Crippen LogP contribution in [0.1, 0.15) is 60.5 Å². The summed E-state index contributed by atoms with van der Waals surface area (Å²) >= 11 is 0. The van der Waals surface area contributed by atoms with Gasteiger partial charge in [-0.25, -0.2) is 0 Å². The van der Waals surface area contributed by atoms with Crippen LogP contribution in [-0.4, -0.2) is 25.0 Å². The summed E-state index contributed by atoms with van der Waals surface area (Å²) in [5.41, 5.74) is 6.11. The highest BCUT2D eigenvalue weighted by Gasteiger charge is 2.39. The molecule has 1 aliphatic rings. The van der Waals surface area contributed by atoms with E-state index < -0.39 is 6.04 Å². The molecule has 0 saturated carbocycles. The molecular formula is C24H30N2O3. The topological polar surface area (TPSA) is 58.6 Å². The maximum Gasteiger partial charge on any atom is 0.254 e. The Hall–Kier alpha value is -2.82. The van der Waals surface area contributed by atoms with Crippen LogP contribution >= 0.6 is 0 Å². The molecule has 0 unspecified atom stereocenters. The first-order valence-electron chi connectivity index (χ1n) is 10.1. The van der Waals surface area contributed by atoms with E-state index in [2.05, 4.69) is 31.3 Å². The Morgan fingerprint density at radius 3 is 2.48 bits per heavy atom. The third kappa shape index (κ3) is 4.14. The largest absolute Gasteiger partial charge is 0.491 e. The Balaban J connectivity index is 1.84. The van der Waals surface area contributed by atoms with Crippen molar-refractivity contribution < 1.29 is 14.3 Å². The first kappa shape index (κ1) is 20.9. The molecule has 0 aliphatic carbocycles. The van der Waals surface area contributed by atoms with E-state index >= 15 is 0 Å². The molecule has 2 aromatic rings. The zero-order chi connectivity index (χ0) is 21.3. The van der Waals surface area contributed by atoms with Crippen molar-refractivity contribution in [2.75, 3.05) is 18.1 Å². The molecule has 0 bridgehead atoms. The van der Waals surface area contributed by atoms with Gasteiger partial charge in [0.25, 0.3) is 5.91 Å². The van der Waals surface area contributed by atoms with Crippen LogP contribution in [0.5, 0.6) is 5.75 Å². The van der Waals surface area contributed by atoms with E-state index in [-0.39, 0.29) is 11.8 Å². The quantitative estimate of drug-likeness (QED) is 0.793. The first-order valence-corrected chi connectivity index (χ1v) is 10.1. The van der Waals surface area contributed by atoms with Gasteiger partial charge in [-0.2, -0.15) is 0 Å². The van der Waals surface area contributed by atoms with E-state index in [1.807, 2.05) is 39.0 Å². The van der Waals surface area contributed by atoms with Crippen LogP contribution in [0.15, 0.2) is 30.3 Å². The summed E-state index contributed by atoms with van der Waals surface area (Å²) in [6, 6.07) is 9.62. The van der Waals surface area contributed by atoms with E-state index in [4.69, 9.17) is 4.74 Å². The van der Waals surface area contributed by atoms with E-state index in [1.165, 1.54) is 6.92 Å². The number of nitrogens with zero attached hydrogens (tertiary/aromatic N) is 1. The van der Waals surface area contributed by atoms with Crippen molar-refractivity contribution >= 4 is 17.5 Å². The number of carbonyl (C=O) groups is 2. The molecule has 0 radical (unpaired) electrons. The Kier molecular flexibility index (Phi) is 5.96. The Bertz CT molecular complexity index is 949. The summed E-state index contributed by atoms with van der Waals surface area (Å²) < 4.78 is 6.11. The lowest BCUT2D eigenvalue weighted by Crippen LogP contribution is -2.38. The number of carbonyl (C=O) groups excluding carboxylic acids is 2. The van der Waals surface area contributed by atoms with Gasteiger partial charge in [0.15, 0.2) is 0 Å². The molecule has 2 aromatic carbocycles. The van der Waals surface area contributed by atoms with Crippen molar-refractivity contribution in [3.63, 3.8) is 0 Å². The standard InChI is InChI=1S/C24H30N2O3/c1-14(2)19-10-7-15(3)13-20(19)29-12-11-26-23-17(5)9-8-16(4)21(23)22(24(26)28)25-18(6)27/h7-10,13-14,22H,11-12H2,1-6H3,(H,25,27)/t22-/m0/s1. The maximum absolute atomic E-state index is 13.1. The van der Waals surface area contributed by atoms with E-state index in [0.717, 1.165) is 39.3 Å². The summed E-state index contributed by atoms with van der Waals surface area (Å²) in [5.74, 6) is 0.902. The molecule has 154 valence electrons. The molecule has 2 amide bonds. The summed E-state index contributed by atoms with van der Waals surface area (Å²) in [6.07, 6.45) is 0. The number of anilines is 1. The average molecular weight is 395 g/mol. The van der Waals surface area contributed by atoms with Crippen LogP contribution in [0.2, 0.25) is 0 Å². The van der Waals surface area contributed by atoms with Crippen molar-refractivity contribution in [2.24, 2.45) is 0 Å². The zero-order valence-corrected chi connectivity index (χ0v) is 18.1. The fraction of sp³-hybridized carbons (Fsp3) is 0.417. The average Bonchev–Trinajstić information content (AvgIpc) is 2.91. The molecule has 1 heterocycles. The molecule has 1 aliphatic heterocycles. The lowest BCUT2D eigenvalue weighted by Gasteiger charge is -2.21. The maximum atomic E-state index is 13.1. The van der Waals surface area contributed by atoms with Gasteiger partial charge in [0.2, 0.25) is 5.91 Å². The minimum Gasteiger partial charge on any atom is -0.491 e. The first-order chi connectivity index (χ1) is 13.7. The second-order valence-corrected chi connectivity index (χ2v) is 8.13. The van der Waals surface area contributed by atoms with Crippen molar-refractivity contribution in [1.29, 1.82) is 0 Å². The smallest absolute Gasteiger partial charge is 0.254 e. The van der Waals surface area contributed by atoms with Gasteiger partial charge in [0.05, 0.1) is 12.2 Å². The molecule has 1 N–H and O–H groups in total. The van der Waals surface area contributed by atoms with Crippen LogP contribution in [0.3, 0.4) is 0 Å². The van der Waals surface area contributed by atoms with E-state index in [1.54, 1.807) is 4.90 Å². The third-order valence-corrected chi connectivity index (χ3v) is 5.42. The van der Waals surface area contributed by atoms with Crippen molar-refractivity contribution in [1.82, 2.24) is 5.32 Å². The summed E-state index contributed by atoms with van der Waals surface area (Å²) in [5, 5.41) is 2.81. The molecule has 0 spiro atoms. The predicted octanol–water partition coefficient (Wildman–Crippen LogP) is 4.34. The van der Waals surface area contributed by atoms with Crippen molar-refractivity contribution in [3.05, 3.63) is 58.1 Å². The van der Waals surface area contributed by atoms with Crippen molar-refractivity contribution in [3.8, 4) is 5.75 Å². The van der Waals surface area contributed by atoms with Gasteiger partial charge >= 0.3 is 0 Å². The van der Waals surface area contributed by atoms with E-state index in [0.29, 0.717) is 19.1 Å².